The lowest BCUT2D eigenvalue weighted by Gasteiger charge is -2.21. The third kappa shape index (κ3) is 8.54. The highest BCUT2D eigenvalue weighted by molar-refractivity contribution is 14.0. The molecule has 5 nitrogen and oxygen atoms in total. The standard InChI is InChI=1S/C12H26N4O.HI/c1-6-8-9-16(5)12(13-7-2)14-10-11(17)15(3)4;/h6-10H2,1-5H3,(H,13,14);1H. The van der Waals surface area contributed by atoms with Crippen LogP contribution in [0.2, 0.25) is 0 Å². The van der Waals surface area contributed by atoms with Crippen LogP contribution in [-0.2, 0) is 4.79 Å². The van der Waals surface area contributed by atoms with Gasteiger partial charge in [0.2, 0.25) is 5.91 Å². The average Bonchev–Trinajstić information content (AvgIpc) is 2.30. The number of hydrogen-bond acceptors (Lipinski definition) is 2. The van der Waals surface area contributed by atoms with Crippen molar-refractivity contribution < 1.29 is 4.79 Å². The molecule has 0 aliphatic rings. The minimum absolute atomic E-state index is 0. The first-order valence-corrected chi connectivity index (χ1v) is 6.22. The van der Waals surface area contributed by atoms with Gasteiger partial charge in [0.1, 0.15) is 6.54 Å². The fraction of sp³-hybridized carbons (Fsp3) is 0.833. The van der Waals surface area contributed by atoms with Gasteiger partial charge >= 0.3 is 0 Å². The van der Waals surface area contributed by atoms with Crippen molar-refractivity contribution >= 4 is 35.8 Å². The van der Waals surface area contributed by atoms with Crippen LogP contribution in [0.1, 0.15) is 26.7 Å². The van der Waals surface area contributed by atoms with Crippen LogP contribution in [0.3, 0.4) is 0 Å². The molecule has 0 unspecified atom stereocenters. The summed E-state index contributed by atoms with van der Waals surface area (Å²) in [4.78, 5) is 19.4. The van der Waals surface area contributed by atoms with E-state index in [-0.39, 0.29) is 36.4 Å². The number of carbonyl (C=O) groups excluding carboxylic acids is 1. The van der Waals surface area contributed by atoms with E-state index in [4.69, 9.17) is 0 Å². The first-order valence-electron chi connectivity index (χ1n) is 6.22. The number of rotatable bonds is 6. The summed E-state index contributed by atoms with van der Waals surface area (Å²) >= 11 is 0. The third-order valence-electron chi connectivity index (χ3n) is 2.41. The average molecular weight is 370 g/mol. The fourth-order valence-electron chi connectivity index (χ4n) is 1.25. The number of likely N-dealkylation sites (N-methyl/N-ethyl adjacent to an activating group) is 1. The molecule has 0 spiro atoms. The second kappa shape index (κ2) is 11.6. The van der Waals surface area contributed by atoms with Gasteiger partial charge in [0.05, 0.1) is 0 Å². The minimum atomic E-state index is 0. The summed E-state index contributed by atoms with van der Waals surface area (Å²) in [5.74, 6) is 0.820. The largest absolute Gasteiger partial charge is 0.357 e. The summed E-state index contributed by atoms with van der Waals surface area (Å²) < 4.78 is 0. The van der Waals surface area contributed by atoms with Crippen molar-refractivity contribution in [3.8, 4) is 0 Å². The van der Waals surface area contributed by atoms with Gasteiger partial charge in [-0.2, -0.15) is 0 Å². The van der Waals surface area contributed by atoms with E-state index in [2.05, 4.69) is 22.1 Å². The molecule has 0 heterocycles. The van der Waals surface area contributed by atoms with Crippen molar-refractivity contribution in [2.24, 2.45) is 4.99 Å². The molecular formula is C12H27IN4O. The van der Waals surface area contributed by atoms with E-state index in [1.807, 2.05) is 14.0 Å². The number of guanidine groups is 1. The van der Waals surface area contributed by atoms with Gasteiger partial charge in [0.15, 0.2) is 5.96 Å². The van der Waals surface area contributed by atoms with Crippen molar-refractivity contribution in [2.75, 3.05) is 40.8 Å². The van der Waals surface area contributed by atoms with Crippen molar-refractivity contribution in [1.29, 1.82) is 0 Å². The summed E-state index contributed by atoms with van der Waals surface area (Å²) in [7, 11) is 5.48. The molecule has 0 rings (SSSR count). The summed E-state index contributed by atoms with van der Waals surface area (Å²) in [5, 5.41) is 3.19. The fourth-order valence-corrected chi connectivity index (χ4v) is 1.25. The SMILES string of the molecule is CCCCN(C)C(=NCC(=O)N(C)C)NCC.I. The molecule has 0 saturated heterocycles. The molecule has 0 bridgehead atoms. The summed E-state index contributed by atoms with van der Waals surface area (Å²) in [5.41, 5.74) is 0. The molecule has 0 aromatic rings. The number of aliphatic imine (C=N–C) groups is 1. The van der Waals surface area contributed by atoms with Gasteiger partial charge in [-0.15, -0.1) is 24.0 Å². The normalized spacial score (nSPS) is 10.6. The molecule has 0 radical (unpaired) electrons. The maximum absolute atomic E-state index is 11.5. The molecule has 0 aliphatic heterocycles. The van der Waals surface area contributed by atoms with Gasteiger partial charge in [0, 0.05) is 34.2 Å². The number of unbranched alkanes of at least 4 members (excludes halogenated alkanes) is 1. The molecule has 0 aliphatic carbocycles. The zero-order chi connectivity index (χ0) is 13.3. The van der Waals surface area contributed by atoms with Gasteiger partial charge in [-0.3, -0.25) is 4.79 Å². The smallest absolute Gasteiger partial charge is 0.243 e. The highest BCUT2D eigenvalue weighted by atomic mass is 127. The van der Waals surface area contributed by atoms with Crippen LogP contribution in [0.5, 0.6) is 0 Å². The van der Waals surface area contributed by atoms with Gasteiger partial charge < -0.3 is 15.1 Å². The highest BCUT2D eigenvalue weighted by Crippen LogP contribution is 1.93. The van der Waals surface area contributed by atoms with Crippen molar-refractivity contribution in [2.45, 2.75) is 26.7 Å². The lowest BCUT2D eigenvalue weighted by molar-refractivity contribution is -0.127. The predicted octanol–water partition coefficient (Wildman–Crippen LogP) is 1.39. The lowest BCUT2D eigenvalue weighted by atomic mass is 10.3. The Morgan fingerprint density at radius 2 is 1.83 bits per heavy atom. The second-order valence-electron chi connectivity index (χ2n) is 4.23. The molecule has 0 aromatic carbocycles. The van der Waals surface area contributed by atoms with Crippen LogP contribution in [0.15, 0.2) is 4.99 Å². The van der Waals surface area contributed by atoms with Crippen molar-refractivity contribution in [1.82, 2.24) is 15.1 Å². The molecule has 0 saturated carbocycles. The quantitative estimate of drug-likeness (QED) is 0.437. The van der Waals surface area contributed by atoms with E-state index in [1.54, 1.807) is 19.0 Å². The van der Waals surface area contributed by atoms with E-state index in [9.17, 15) is 4.79 Å². The molecule has 0 atom stereocenters. The molecule has 0 aromatic heterocycles. The van der Waals surface area contributed by atoms with E-state index in [1.165, 1.54) is 0 Å². The van der Waals surface area contributed by atoms with Crippen LogP contribution in [-0.4, -0.2) is 62.4 Å². The third-order valence-corrected chi connectivity index (χ3v) is 2.41. The first-order chi connectivity index (χ1) is 8.02. The van der Waals surface area contributed by atoms with E-state index < -0.39 is 0 Å². The number of amides is 1. The Balaban J connectivity index is 0. The van der Waals surface area contributed by atoms with Crippen molar-refractivity contribution in [3.63, 3.8) is 0 Å². The maximum Gasteiger partial charge on any atom is 0.243 e. The number of carbonyl (C=O) groups is 1. The Hall–Kier alpha value is -0.530. The lowest BCUT2D eigenvalue weighted by Crippen LogP contribution is -2.40. The van der Waals surface area contributed by atoms with Crippen LogP contribution in [0, 0.1) is 0 Å². The first kappa shape index (κ1) is 19.8. The van der Waals surface area contributed by atoms with Crippen molar-refractivity contribution in [3.05, 3.63) is 0 Å². The Morgan fingerprint density at radius 1 is 1.22 bits per heavy atom. The Kier molecular flexibility index (Phi) is 12.7. The van der Waals surface area contributed by atoms with E-state index >= 15 is 0 Å². The highest BCUT2D eigenvalue weighted by Gasteiger charge is 2.07. The van der Waals surface area contributed by atoms with Gasteiger partial charge in [0.25, 0.3) is 0 Å². The molecule has 6 heteroatoms. The zero-order valence-corrected chi connectivity index (χ0v) is 14.5. The van der Waals surface area contributed by atoms with Crippen LogP contribution >= 0.6 is 24.0 Å². The van der Waals surface area contributed by atoms with E-state index in [0.717, 1.165) is 31.9 Å². The Morgan fingerprint density at radius 3 is 2.28 bits per heavy atom. The van der Waals surface area contributed by atoms with E-state index in [0.29, 0.717) is 0 Å². The van der Waals surface area contributed by atoms with Crippen LogP contribution in [0.25, 0.3) is 0 Å². The van der Waals surface area contributed by atoms with Gasteiger partial charge in [-0.25, -0.2) is 4.99 Å². The second-order valence-corrected chi connectivity index (χ2v) is 4.23. The summed E-state index contributed by atoms with van der Waals surface area (Å²) in [6.07, 6.45) is 2.28. The Bertz CT molecular complexity index is 256. The molecule has 18 heavy (non-hydrogen) atoms. The maximum atomic E-state index is 11.5. The minimum Gasteiger partial charge on any atom is -0.357 e. The van der Waals surface area contributed by atoms with Crippen LogP contribution < -0.4 is 5.32 Å². The molecule has 1 amide bonds. The number of nitrogens with zero attached hydrogens (tertiary/aromatic N) is 3. The zero-order valence-electron chi connectivity index (χ0n) is 12.2. The molecule has 108 valence electrons. The molecular weight excluding hydrogens is 343 g/mol. The predicted molar refractivity (Wildman–Crippen MR) is 87.6 cm³/mol. The monoisotopic (exact) mass is 370 g/mol. The molecule has 1 N–H and O–H groups in total. The number of nitrogens with one attached hydrogen (secondary N) is 1. The summed E-state index contributed by atoms with van der Waals surface area (Å²) in [6, 6.07) is 0. The van der Waals surface area contributed by atoms with Gasteiger partial charge in [-0.05, 0) is 13.3 Å². The summed E-state index contributed by atoms with van der Waals surface area (Å²) in [6.45, 7) is 6.15. The Labute approximate surface area is 128 Å². The number of halogens is 1. The topological polar surface area (TPSA) is 47.9 Å². The van der Waals surface area contributed by atoms with Gasteiger partial charge in [-0.1, -0.05) is 13.3 Å². The number of hydrogen-bond donors (Lipinski definition) is 1. The van der Waals surface area contributed by atoms with Crippen LogP contribution in [0.4, 0.5) is 0 Å². The molecule has 0 fully saturated rings.